The smallest absolute Gasteiger partial charge is 0.243 e. The molecule has 1 aromatic carbocycles. The molecule has 0 unspecified atom stereocenters. The maximum atomic E-state index is 13.3. The van der Waals surface area contributed by atoms with Crippen molar-refractivity contribution in [2.24, 2.45) is 5.73 Å². The molecule has 106 valence electrons. The third-order valence-corrected chi connectivity index (χ3v) is 5.66. The third-order valence-electron chi connectivity index (χ3n) is 3.57. The van der Waals surface area contributed by atoms with Gasteiger partial charge in [-0.2, -0.15) is 4.31 Å². The maximum Gasteiger partial charge on any atom is 0.243 e. The first kappa shape index (κ1) is 14.4. The first-order chi connectivity index (χ1) is 8.96. The lowest BCUT2D eigenvalue weighted by Crippen LogP contribution is -2.46. The Bertz CT molecular complexity index is 556. The summed E-state index contributed by atoms with van der Waals surface area (Å²) in [5.41, 5.74) is 6.07. The van der Waals surface area contributed by atoms with E-state index >= 15 is 0 Å². The van der Waals surface area contributed by atoms with E-state index in [1.54, 1.807) is 6.92 Å². The quantitative estimate of drug-likeness (QED) is 0.895. The van der Waals surface area contributed by atoms with Crippen LogP contribution in [0.3, 0.4) is 0 Å². The minimum Gasteiger partial charge on any atom is -0.329 e. The van der Waals surface area contributed by atoms with Crippen molar-refractivity contribution in [3.8, 4) is 0 Å². The van der Waals surface area contributed by atoms with E-state index in [-0.39, 0.29) is 24.0 Å². The summed E-state index contributed by atoms with van der Waals surface area (Å²) in [7, 11) is -3.66. The van der Waals surface area contributed by atoms with Crippen molar-refractivity contribution in [3.63, 3.8) is 0 Å². The lowest BCUT2D eigenvalue weighted by molar-refractivity contribution is 0.223. The van der Waals surface area contributed by atoms with Crippen molar-refractivity contribution >= 4 is 10.0 Å². The molecular formula is C13H19FN2O2S. The third kappa shape index (κ3) is 2.80. The fourth-order valence-electron chi connectivity index (χ4n) is 2.28. The summed E-state index contributed by atoms with van der Waals surface area (Å²) in [5.74, 6) is -0.537. The molecule has 0 saturated heterocycles. The van der Waals surface area contributed by atoms with Gasteiger partial charge in [0.2, 0.25) is 10.0 Å². The standard InChI is InChI=1S/C13H19FN2O2S/c1-10-5-6-11(14)9-13(10)19(17,18)16(8-7-15)12-3-2-4-12/h5-6,9,12H,2-4,7-8,15H2,1H3. The van der Waals surface area contributed by atoms with Gasteiger partial charge in [0, 0.05) is 19.1 Å². The molecular weight excluding hydrogens is 267 g/mol. The molecule has 0 aromatic heterocycles. The van der Waals surface area contributed by atoms with Gasteiger partial charge in [0.05, 0.1) is 4.90 Å². The van der Waals surface area contributed by atoms with Gasteiger partial charge in [-0.15, -0.1) is 0 Å². The number of nitrogens with two attached hydrogens (primary N) is 1. The van der Waals surface area contributed by atoms with Crippen LogP contribution >= 0.6 is 0 Å². The molecule has 19 heavy (non-hydrogen) atoms. The topological polar surface area (TPSA) is 63.4 Å². The Morgan fingerprint density at radius 1 is 1.42 bits per heavy atom. The van der Waals surface area contributed by atoms with Crippen molar-refractivity contribution < 1.29 is 12.8 Å². The van der Waals surface area contributed by atoms with E-state index in [0.29, 0.717) is 5.56 Å². The second kappa shape index (κ2) is 5.56. The summed E-state index contributed by atoms with van der Waals surface area (Å²) in [6, 6.07) is 3.86. The Kier molecular flexibility index (Phi) is 4.23. The van der Waals surface area contributed by atoms with E-state index in [1.807, 2.05) is 0 Å². The number of nitrogens with zero attached hydrogens (tertiary/aromatic N) is 1. The molecule has 0 atom stereocenters. The molecule has 0 spiro atoms. The molecule has 2 N–H and O–H groups in total. The predicted octanol–water partition coefficient (Wildman–Crippen LogP) is 1.64. The second-order valence-electron chi connectivity index (χ2n) is 4.90. The number of sulfonamides is 1. The molecule has 6 heteroatoms. The van der Waals surface area contributed by atoms with Crippen LogP contribution in [-0.4, -0.2) is 31.9 Å². The zero-order valence-electron chi connectivity index (χ0n) is 11.0. The Morgan fingerprint density at radius 2 is 2.11 bits per heavy atom. The summed E-state index contributed by atoms with van der Waals surface area (Å²) in [6.07, 6.45) is 2.74. The van der Waals surface area contributed by atoms with Crippen LogP contribution in [-0.2, 0) is 10.0 Å². The summed E-state index contributed by atoms with van der Waals surface area (Å²) >= 11 is 0. The van der Waals surface area contributed by atoms with Gasteiger partial charge in [-0.1, -0.05) is 12.5 Å². The Labute approximate surface area is 113 Å². The van der Waals surface area contributed by atoms with Gasteiger partial charge in [0.15, 0.2) is 0 Å². The lowest BCUT2D eigenvalue weighted by Gasteiger charge is -2.36. The molecule has 1 aliphatic carbocycles. The van der Waals surface area contributed by atoms with Gasteiger partial charge in [-0.3, -0.25) is 0 Å². The molecule has 4 nitrogen and oxygen atoms in total. The highest BCUT2D eigenvalue weighted by atomic mass is 32.2. The molecule has 0 bridgehead atoms. The lowest BCUT2D eigenvalue weighted by atomic mass is 9.93. The van der Waals surface area contributed by atoms with E-state index in [9.17, 15) is 12.8 Å². The number of rotatable bonds is 5. The first-order valence-corrected chi connectivity index (χ1v) is 7.89. The molecule has 1 aliphatic rings. The van der Waals surface area contributed by atoms with Crippen molar-refractivity contribution in [3.05, 3.63) is 29.6 Å². The fourth-order valence-corrected chi connectivity index (χ4v) is 4.22. The van der Waals surface area contributed by atoms with Crippen LogP contribution in [0.4, 0.5) is 4.39 Å². The Balaban J connectivity index is 2.40. The normalized spacial score (nSPS) is 16.6. The van der Waals surface area contributed by atoms with E-state index in [2.05, 4.69) is 0 Å². The van der Waals surface area contributed by atoms with Crippen LogP contribution < -0.4 is 5.73 Å². The summed E-state index contributed by atoms with van der Waals surface area (Å²) in [4.78, 5) is 0.0489. The fraction of sp³-hybridized carbons (Fsp3) is 0.538. The minimum absolute atomic E-state index is 0.0104. The average molecular weight is 286 g/mol. The molecule has 0 heterocycles. The van der Waals surface area contributed by atoms with Gasteiger partial charge in [-0.05, 0) is 37.5 Å². The van der Waals surface area contributed by atoms with E-state index < -0.39 is 15.8 Å². The minimum atomic E-state index is -3.66. The van der Waals surface area contributed by atoms with Gasteiger partial charge in [-0.25, -0.2) is 12.8 Å². The predicted molar refractivity (Wildman–Crippen MR) is 71.7 cm³/mol. The van der Waals surface area contributed by atoms with Crippen molar-refractivity contribution in [1.82, 2.24) is 4.31 Å². The maximum absolute atomic E-state index is 13.3. The number of hydrogen-bond donors (Lipinski definition) is 1. The summed E-state index contributed by atoms with van der Waals surface area (Å²) in [5, 5.41) is 0. The largest absolute Gasteiger partial charge is 0.329 e. The highest BCUT2D eigenvalue weighted by Gasteiger charge is 2.35. The van der Waals surface area contributed by atoms with Crippen LogP contribution in [0.25, 0.3) is 0 Å². The van der Waals surface area contributed by atoms with Crippen LogP contribution in [0.5, 0.6) is 0 Å². The van der Waals surface area contributed by atoms with E-state index in [0.717, 1.165) is 25.3 Å². The first-order valence-electron chi connectivity index (χ1n) is 6.45. The van der Waals surface area contributed by atoms with Crippen molar-refractivity contribution in [2.75, 3.05) is 13.1 Å². The molecule has 0 aliphatic heterocycles. The summed E-state index contributed by atoms with van der Waals surface area (Å²) < 4.78 is 40.0. The van der Waals surface area contributed by atoms with Gasteiger partial charge in [0.25, 0.3) is 0 Å². The molecule has 0 radical (unpaired) electrons. The Morgan fingerprint density at radius 3 is 2.63 bits per heavy atom. The van der Waals surface area contributed by atoms with E-state index in [1.165, 1.54) is 16.4 Å². The van der Waals surface area contributed by atoms with Crippen molar-refractivity contribution in [1.29, 1.82) is 0 Å². The molecule has 2 rings (SSSR count). The molecule has 1 aromatic rings. The monoisotopic (exact) mass is 286 g/mol. The molecule has 0 amide bonds. The number of halogens is 1. The van der Waals surface area contributed by atoms with Crippen LogP contribution in [0, 0.1) is 12.7 Å². The van der Waals surface area contributed by atoms with Crippen LogP contribution in [0.15, 0.2) is 23.1 Å². The highest BCUT2D eigenvalue weighted by Crippen LogP contribution is 2.30. The summed E-state index contributed by atoms with van der Waals surface area (Å²) in [6.45, 7) is 2.22. The molecule has 1 fully saturated rings. The number of hydrogen-bond acceptors (Lipinski definition) is 3. The van der Waals surface area contributed by atoms with Crippen LogP contribution in [0.1, 0.15) is 24.8 Å². The number of aryl methyl sites for hydroxylation is 1. The second-order valence-corrected chi connectivity index (χ2v) is 6.76. The van der Waals surface area contributed by atoms with E-state index in [4.69, 9.17) is 5.73 Å². The Hall–Kier alpha value is -0.980. The zero-order valence-corrected chi connectivity index (χ0v) is 11.8. The number of benzene rings is 1. The van der Waals surface area contributed by atoms with Gasteiger partial charge < -0.3 is 5.73 Å². The zero-order chi connectivity index (χ0) is 14.0. The average Bonchev–Trinajstić information content (AvgIpc) is 2.29. The van der Waals surface area contributed by atoms with Crippen molar-refractivity contribution in [2.45, 2.75) is 37.1 Å². The highest BCUT2D eigenvalue weighted by molar-refractivity contribution is 7.89. The van der Waals surface area contributed by atoms with Crippen LogP contribution in [0.2, 0.25) is 0 Å². The SMILES string of the molecule is Cc1ccc(F)cc1S(=O)(=O)N(CCN)C1CCC1. The van der Waals surface area contributed by atoms with Gasteiger partial charge >= 0.3 is 0 Å². The molecule has 1 saturated carbocycles. The van der Waals surface area contributed by atoms with Gasteiger partial charge in [0.1, 0.15) is 5.82 Å².